The number of carbonyl (C=O) groups is 3. The third-order valence-corrected chi connectivity index (χ3v) is 12.1. The van der Waals surface area contributed by atoms with Gasteiger partial charge in [0.2, 0.25) is 17.7 Å². The molecule has 2 aliphatic heterocycles. The van der Waals surface area contributed by atoms with Crippen LogP contribution in [-0.4, -0.2) is 79.6 Å². The molecule has 6 aromatic rings. The Kier molecular flexibility index (Phi) is 13.3. The lowest BCUT2D eigenvalue weighted by molar-refractivity contribution is -0.133. The molecule has 5 heterocycles. The summed E-state index contributed by atoms with van der Waals surface area (Å²) in [6.45, 7) is 12.3. The molecule has 2 aliphatic rings. The van der Waals surface area contributed by atoms with Crippen molar-refractivity contribution in [2.75, 3.05) is 31.6 Å². The van der Waals surface area contributed by atoms with E-state index in [0.29, 0.717) is 37.8 Å². The Balaban J connectivity index is 0.741. The Labute approximate surface area is 368 Å². The predicted octanol–water partition coefficient (Wildman–Crippen LogP) is 8.02. The van der Waals surface area contributed by atoms with Crippen LogP contribution in [-0.2, 0) is 21.5 Å². The molecule has 0 spiro atoms. The highest BCUT2D eigenvalue weighted by molar-refractivity contribution is 6.01. The smallest absolute Gasteiger partial charge is 0.292 e. The summed E-state index contributed by atoms with van der Waals surface area (Å²) in [5.41, 5.74) is 8.71. The maximum absolute atomic E-state index is 12.7. The number of unbranched alkanes of at least 4 members (excludes halogenated alkanes) is 3. The molecule has 328 valence electrons. The molecule has 14 nitrogen and oxygen atoms in total. The van der Waals surface area contributed by atoms with Crippen LogP contribution in [0.3, 0.4) is 0 Å². The minimum atomic E-state index is -0.382. The van der Waals surface area contributed by atoms with Gasteiger partial charge in [0, 0.05) is 41.4 Å². The summed E-state index contributed by atoms with van der Waals surface area (Å²) in [6, 6.07) is 24.6. The minimum Gasteiger partial charge on any atom is -0.494 e. The number of likely N-dealkylation sites (tertiary alicyclic amines) is 1. The molecule has 3 aromatic carbocycles. The average Bonchev–Trinajstić information content (AvgIpc) is 3.97. The van der Waals surface area contributed by atoms with Gasteiger partial charge in [-0.05, 0) is 123 Å². The monoisotopic (exact) mass is 851 g/mol. The van der Waals surface area contributed by atoms with Gasteiger partial charge in [-0.15, -0.1) is 0 Å². The molecule has 3 amide bonds. The van der Waals surface area contributed by atoms with Crippen molar-refractivity contribution < 1.29 is 23.6 Å². The van der Waals surface area contributed by atoms with Crippen LogP contribution in [0.15, 0.2) is 89.8 Å². The van der Waals surface area contributed by atoms with Crippen LogP contribution in [0.5, 0.6) is 5.75 Å². The highest BCUT2D eigenvalue weighted by Crippen LogP contribution is 2.32. The number of ether oxygens (including phenoxy) is 1. The topological polar surface area (TPSA) is 169 Å². The van der Waals surface area contributed by atoms with E-state index >= 15 is 0 Å². The number of piperidine rings is 2. The van der Waals surface area contributed by atoms with Gasteiger partial charge < -0.3 is 24.8 Å². The van der Waals surface area contributed by atoms with Crippen LogP contribution < -0.4 is 20.7 Å². The first kappa shape index (κ1) is 43.2. The van der Waals surface area contributed by atoms with Gasteiger partial charge in [-0.3, -0.25) is 19.7 Å². The van der Waals surface area contributed by atoms with E-state index in [-0.39, 0.29) is 35.0 Å². The molecule has 0 saturated carbocycles. The van der Waals surface area contributed by atoms with Crippen LogP contribution in [0, 0.1) is 6.92 Å². The molecule has 14 heteroatoms. The number of hydrogen-bond acceptors (Lipinski definition) is 11. The van der Waals surface area contributed by atoms with Gasteiger partial charge in [-0.2, -0.15) is 10.1 Å². The fraction of sp³-hybridized carbons (Fsp3) is 0.408. The second-order valence-electron chi connectivity index (χ2n) is 17.8. The number of benzene rings is 3. The van der Waals surface area contributed by atoms with E-state index in [4.69, 9.17) is 9.26 Å². The van der Waals surface area contributed by atoms with Crippen molar-refractivity contribution in [2.24, 2.45) is 0 Å². The molecular formula is C49H57N9O5. The Morgan fingerprint density at radius 3 is 2.40 bits per heavy atom. The van der Waals surface area contributed by atoms with Crippen molar-refractivity contribution in [3.8, 4) is 28.1 Å². The van der Waals surface area contributed by atoms with Gasteiger partial charge in [-0.1, -0.05) is 75.2 Å². The van der Waals surface area contributed by atoms with Crippen LogP contribution in [0.25, 0.3) is 27.9 Å². The molecule has 8 rings (SSSR count). The lowest BCUT2D eigenvalue weighted by atomic mass is 9.89. The van der Waals surface area contributed by atoms with Crippen LogP contribution >= 0.6 is 0 Å². The number of nitrogens with zero attached hydrogens (tertiary/aromatic N) is 6. The summed E-state index contributed by atoms with van der Waals surface area (Å²) >= 11 is 0. The summed E-state index contributed by atoms with van der Waals surface area (Å²) in [6.07, 6.45) is 11.4. The van der Waals surface area contributed by atoms with Gasteiger partial charge >= 0.3 is 0 Å². The van der Waals surface area contributed by atoms with Gasteiger partial charge in [0.25, 0.3) is 11.7 Å². The summed E-state index contributed by atoms with van der Waals surface area (Å²) in [7, 11) is 0. The van der Waals surface area contributed by atoms with E-state index in [2.05, 4.69) is 89.6 Å². The van der Waals surface area contributed by atoms with Crippen molar-refractivity contribution in [3.05, 3.63) is 114 Å². The largest absolute Gasteiger partial charge is 0.494 e. The standard InChI is InChI=1S/C49H57N9O5/c1-32-27-36(9-10-37(32)29-50-47(61)45-55-48(63-56-45)49(2,3)4)44-42-28-38(30-58(42)52-31-51-44)34-13-17-40(18-14-34)62-26-8-6-5-7-23-57-24-21-35(22-25-57)33-11-15-39(16-12-33)53-41-19-20-43(59)54-46(41)60/h9-18,27-28,30-31,35,41,53H,5-8,19-26,29H2,1-4H3,(H,50,61)(H,54,59,60). The number of amides is 3. The lowest BCUT2D eigenvalue weighted by Crippen LogP contribution is -2.47. The zero-order valence-electron chi connectivity index (χ0n) is 36.7. The summed E-state index contributed by atoms with van der Waals surface area (Å²) in [4.78, 5) is 47.8. The van der Waals surface area contributed by atoms with E-state index in [9.17, 15) is 14.4 Å². The summed E-state index contributed by atoms with van der Waals surface area (Å²) < 4.78 is 13.3. The molecule has 0 bridgehead atoms. The van der Waals surface area contributed by atoms with E-state index in [1.54, 1.807) is 6.33 Å². The number of rotatable bonds is 16. The van der Waals surface area contributed by atoms with Gasteiger partial charge in [0.15, 0.2) is 0 Å². The number of hydrogen-bond donors (Lipinski definition) is 3. The van der Waals surface area contributed by atoms with Crippen molar-refractivity contribution in [2.45, 2.75) is 103 Å². The van der Waals surface area contributed by atoms with Crippen LogP contribution in [0.4, 0.5) is 5.69 Å². The van der Waals surface area contributed by atoms with E-state index in [1.165, 1.54) is 18.4 Å². The van der Waals surface area contributed by atoms with Crippen molar-refractivity contribution in [1.82, 2.24) is 40.3 Å². The maximum atomic E-state index is 12.7. The van der Waals surface area contributed by atoms with Crippen molar-refractivity contribution in [3.63, 3.8) is 0 Å². The van der Waals surface area contributed by atoms with E-state index in [1.807, 2.05) is 62.7 Å². The van der Waals surface area contributed by atoms with Crippen molar-refractivity contribution in [1.29, 1.82) is 0 Å². The highest BCUT2D eigenvalue weighted by atomic mass is 16.5. The number of carbonyl (C=O) groups excluding carboxylic acids is 3. The third kappa shape index (κ3) is 10.8. The lowest BCUT2D eigenvalue weighted by Gasteiger charge is -2.32. The Bertz CT molecular complexity index is 2530. The second-order valence-corrected chi connectivity index (χ2v) is 17.8. The van der Waals surface area contributed by atoms with Crippen LogP contribution in [0.2, 0.25) is 0 Å². The molecule has 2 fully saturated rings. The molecular weight excluding hydrogens is 795 g/mol. The van der Waals surface area contributed by atoms with Crippen molar-refractivity contribution >= 4 is 28.9 Å². The number of nitrogens with one attached hydrogen (secondary N) is 3. The Morgan fingerprint density at radius 2 is 1.67 bits per heavy atom. The Morgan fingerprint density at radius 1 is 0.905 bits per heavy atom. The van der Waals surface area contributed by atoms with Crippen LogP contribution in [0.1, 0.15) is 111 Å². The number of aromatic nitrogens is 5. The fourth-order valence-corrected chi connectivity index (χ4v) is 8.32. The minimum absolute atomic E-state index is 0.0247. The first-order valence-corrected chi connectivity index (χ1v) is 22.2. The SMILES string of the molecule is Cc1cc(-c2ncnn3cc(-c4ccc(OCCCCCCN5CCC(c6ccc(NC7CCC(=O)NC7=O)cc6)CC5)cc4)cc23)ccc1CNC(=O)c1noc(C(C)(C)C)n1. The van der Waals surface area contributed by atoms with E-state index in [0.717, 1.165) is 95.8 Å². The first-order chi connectivity index (χ1) is 30.5. The molecule has 63 heavy (non-hydrogen) atoms. The predicted molar refractivity (Wildman–Crippen MR) is 241 cm³/mol. The highest BCUT2D eigenvalue weighted by Gasteiger charge is 2.27. The average molecular weight is 852 g/mol. The molecule has 2 saturated heterocycles. The maximum Gasteiger partial charge on any atom is 0.292 e. The summed E-state index contributed by atoms with van der Waals surface area (Å²) in [5.74, 6) is 1.05. The fourth-order valence-electron chi connectivity index (χ4n) is 8.32. The zero-order valence-corrected chi connectivity index (χ0v) is 36.7. The number of aryl methyl sites for hydroxylation is 1. The first-order valence-electron chi connectivity index (χ1n) is 22.2. The molecule has 0 radical (unpaired) electrons. The number of anilines is 1. The molecule has 1 unspecified atom stereocenters. The summed E-state index contributed by atoms with van der Waals surface area (Å²) in [5, 5.41) is 16.9. The third-order valence-electron chi connectivity index (χ3n) is 12.1. The van der Waals surface area contributed by atoms with Gasteiger partial charge in [-0.25, -0.2) is 9.50 Å². The quantitative estimate of drug-likeness (QED) is 0.0637. The molecule has 3 aromatic heterocycles. The van der Waals surface area contributed by atoms with Gasteiger partial charge in [0.1, 0.15) is 18.1 Å². The molecule has 3 N–H and O–H groups in total. The zero-order chi connectivity index (χ0) is 43.9. The number of fused-ring (bicyclic) bond motifs is 1. The van der Waals surface area contributed by atoms with E-state index < -0.39 is 0 Å². The molecule has 0 aliphatic carbocycles. The molecule has 1 atom stereocenters. The van der Waals surface area contributed by atoms with Gasteiger partial charge in [0.05, 0.1) is 17.8 Å². The Hall–Kier alpha value is -6.41. The normalized spacial score (nSPS) is 16.3. The number of imide groups is 1. The second kappa shape index (κ2) is 19.3.